The van der Waals surface area contributed by atoms with Crippen LogP contribution in [0.15, 0.2) is 28.0 Å². The van der Waals surface area contributed by atoms with Gasteiger partial charge in [0.1, 0.15) is 11.6 Å². The van der Waals surface area contributed by atoms with E-state index in [1.165, 1.54) is 23.9 Å². The van der Waals surface area contributed by atoms with E-state index >= 15 is 0 Å². The number of aromatic nitrogens is 2. The second kappa shape index (κ2) is 7.62. The third-order valence-corrected chi connectivity index (χ3v) is 4.26. The Morgan fingerprint density at radius 1 is 1.41 bits per heavy atom. The number of aromatic carboxylic acids is 1. The number of halogens is 3. The molecule has 22 heavy (non-hydrogen) atoms. The Labute approximate surface area is 141 Å². The summed E-state index contributed by atoms with van der Waals surface area (Å²) in [6.07, 6.45) is 0. The van der Waals surface area contributed by atoms with Gasteiger partial charge in [0.25, 0.3) is 0 Å². The SMILES string of the molecule is CNc1nc(C(=O)O)nc(C)c1Sc1ccc(F)cc1Cl.Cl. The van der Waals surface area contributed by atoms with Crippen molar-refractivity contribution in [3.8, 4) is 0 Å². The number of nitrogens with one attached hydrogen (secondary N) is 1. The molecule has 1 heterocycles. The average Bonchev–Trinajstić information content (AvgIpc) is 2.42. The molecular formula is C13H12Cl2FN3O2S. The highest BCUT2D eigenvalue weighted by molar-refractivity contribution is 7.99. The van der Waals surface area contributed by atoms with Gasteiger partial charge in [0.15, 0.2) is 0 Å². The lowest BCUT2D eigenvalue weighted by Gasteiger charge is -2.12. The van der Waals surface area contributed by atoms with Crippen molar-refractivity contribution < 1.29 is 14.3 Å². The van der Waals surface area contributed by atoms with Crippen molar-refractivity contribution in [2.45, 2.75) is 16.7 Å². The number of aryl methyl sites for hydroxylation is 1. The molecule has 0 aliphatic rings. The molecule has 2 N–H and O–H groups in total. The first-order chi connectivity index (χ1) is 9.92. The molecule has 1 aromatic heterocycles. The molecule has 0 spiro atoms. The third-order valence-electron chi connectivity index (χ3n) is 2.57. The lowest BCUT2D eigenvalue weighted by atomic mass is 10.3. The molecule has 0 atom stereocenters. The molecule has 118 valence electrons. The zero-order valence-electron chi connectivity index (χ0n) is 11.6. The molecule has 0 fully saturated rings. The van der Waals surface area contributed by atoms with Crippen molar-refractivity contribution >= 4 is 47.6 Å². The first kappa shape index (κ1) is 18.5. The van der Waals surface area contributed by atoms with Gasteiger partial charge in [-0.15, -0.1) is 12.4 Å². The van der Waals surface area contributed by atoms with E-state index in [-0.39, 0.29) is 23.3 Å². The van der Waals surface area contributed by atoms with E-state index in [4.69, 9.17) is 16.7 Å². The van der Waals surface area contributed by atoms with Crippen molar-refractivity contribution in [2.75, 3.05) is 12.4 Å². The summed E-state index contributed by atoms with van der Waals surface area (Å²) >= 11 is 7.23. The highest BCUT2D eigenvalue weighted by Gasteiger charge is 2.17. The summed E-state index contributed by atoms with van der Waals surface area (Å²) in [5, 5.41) is 12.1. The quantitative estimate of drug-likeness (QED) is 0.857. The Morgan fingerprint density at radius 2 is 2.09 bits per heavy atom. The predicted molar refractivity (Wildman–Crippen MR) is 86.1 cm³/mol. The van der Waals surface area contributed by atoms with Crippen molar-refractivity contribution in [1.29, 1.82) is 0 Å². The molecule has 0 unspecified atom stereocenters. The van der Waals surface area contributed by atoms with Crippen LogP contribution in [-0.2, 0) is 0 Å². The molecule has 0 bridgehead atoms. The number of hydrogen-bond acceptors (Lipinski definition) is 5. The number of rotatable bonds is 4. The number of hydrogen-bond donors (Lipinski definition) is 2. The Hall–Kier alpha value is -1.57. The van der Waals surface area contributed by atoms with Gasteiger partial charge in [0.2, 0.25) is 5.82 Å². The third kappa shape index (κ3) is 4.00. The summed E-state index contributed by atoms with van der Waals surface area (Å²) in [5.41, 5.74) is 0.497. The van der Waals surface area contributed by atoms with Crippen LogP contribution in [0, 0.1) is 12.7 Å². The van der Waals surface area contributed by atoms with Crippen molar-refractivity contribution in [2.24, 2.45) is 0 Å². The van der Waals surface area contributed by atoms with Crippen molar-refractivity contribution in [3.63, 3.8) is 0 Å². The summed E-state index contributed by atoms with van der Waals surface area (Å²) in [5.74, 6) is -1.53. The van der Waals surface area contributed by atoms with Crippen LogP contribution in [0.25, 0.3) is 0 Å². The van der Waals surface area contributed by atoms with Gasteiger partial charge in [-0.1, -0.05) is 23.4 Å². The fourth-order valence-corrected chi connectivity index (χ4v) is 2.85. The number of anilines is 1. The minimum absolute atomic E-state index is 0. The van der Waals surface area contributed by atoms with Gasteiger partial charge < -0.3 is 10.4 Å². The maximum Gasteiger partial charge on any atom is 0.374 e. The molecule has 0 saturated carbocycles. The largest absolute Gasteiger partial charge is 0.475 e. The standard InChI is InChI=1S/C13H11ClFN3O2S.ClH/c1-6-10(11(16-2)18-12(17-6)13(19)20)21-9-4-3-7(15)5-8(9)14;/h3-5H,1-2H3,(H,19,20)(H,16,17,18);1H. The normalized spacial score (nSPS) is 10.0. The number of carboxylic acid groups (broad SMARTS) is 1. The van der Waals surface area contributed by atoms with E-state index in [2.05, 4.69) is 15.3 Å². The molecular weight excluding hydrogens is 352 g/mol. The number of nitrogens with zero attached hydrogens (tertiary/aromatic N) is 2. The first-order valence-corrected chi connectivity index (χ1v) is 7.04. The number of carboxylic acids is 1. The molecule has 1 aromatic carbocycles. The Morgan fingerprint density at radius 3 is 2.64 bits per heavy atom. The van der Waals surface area contributed by atoms with Crippen LogP contribution >= 0.6 is 35.8 Å². The monoisotopic (exact) mass is 363 g/mol. The van der Waals surface area contributed by atoms with Crippen molar-refractivity contribution in [1.82, 2.24) is 9.97 Å². The maximum atomic E-state index is 13.1. The smallest absolute Gasteiger partial charge is 0.374 e. The Kier molecular flexibility index (Phi) is 6.40. The summed E-state index contributed by atoms with van der Waals surface area (Å²) < 4.78 is 13.1. The molecule has 2 rings (SSSR count). The molecule has 2 aromatic rings. The first-order valence-electron chi connectivity index (χ1n) is 5.85. The van der Waals surface area contributed by atoms with E-state index in [0.717, 1.165) is 0 Å². The Balaban J connectivity index is 0.00000242. The highest BCUT2D eigenvalue weighted by atomic mass is 35.5. The summed E-state index contributed by atoms with van der Waals surface area (Å²) in [6.45, 7) is 1.68. The van der Waals surface area contributed by atoms with E-state index in [1.54, 1.807) is 20.0 Å². The zero-order valence-corrected chi connectivity index (χ0v) is 13.9. The van der Waals surface area contributed by atoms with Gasteiger partial charge >= 0.3 is 5.97 Å². The van der Waals surface area contributed by atoms with Gasteiger partial charge in [-0.2, -0.15) is 0 Å². The second-order valence-electron chi connectivity index (χ2n) is 4.04. The minimum Gasteiger partial charge on any atom is -0.475 e. The predicted octanol–water partition coefficient (Wildman–Crippen LogP) is 3.89. The lowest BCUT2D eigenvalue weighted by Crippen LogP contribution is -2.09. The summed E-state index contributed by atoms with van der Waals surface area (Å²) in [6, 6.07) is 4.06. The van der Waals surface area contributed by atoms with Gasteiger partial charge in [-0.05, 0) is 25.1 Å². The van der Waals surface area contributed by atoms with Crippen LogP contribution in [0.1, 0.15) is 16.3 Å². The Bertz CT molecular complexity index is 716. The summed E-state index contributed by atoms with van der Waals surface area (Å²) in [7, 11) is 1.63. The van der Waals surface area contributed by atoms with Crippen LogP contribution < -0.4 is 5.32 Å². The van der Waals surface area contributed by atoms with Crippen LogP contribution in [-0.4, -0.2) is 28.1 Å². The molecule has 0 aliphatic heterocycles. The fourth-order valence-electron chi connectivity index (χ4n) is 1.62. The van der Waals surface area contributed by atoms with E-state index in [1.807, 2.05) is 0 Å². The van der Waals surface area contributed by atoms with E-state index < -0.39 is 11.8 Å². The topological polar surface area (TPSA) is 75.1 Å². The second-order valence-corrected chi connectivity index (χ2v) is 5.50. The molecule has 0 amide bonds. The van der Waals surface area contributed by atoms with Crippen molar-refractivity contribution in [3.05, 3.63) is 40.6 Å². The van der Waals surface area contributed by atoms with E-state index in [9.17, 15) is 9.18 Å². The molecule has 0 radical (unpaired) electrons. The molecule has 9 heteroatoms. The van der Waals surface area contributed by atoms with Crippen LogP contribution in [0.3, 0.4) is 0 Å². The van der Waals surface area contributed by atoms with Gasteiger partial charge in [-0.3, -0.25) is 0 Å². The molecule has 0 saturated heterocycles. The summed E-state index contributed by atoms with van der Waals surface area (Å²) in [4.78, 5) is 20.1. The highest BCUT2D eigenvalue weighted by Crippen LogP contribution is 2.38. The van der Waals surface area contributed by atoms with Gasteiger partial charge in [0.05, 0.1) is 15.6 Å². The number of carbonyl (C=O) groups is 1. The van der Waals surface area contributed by atoms with E-state index in [0.29, 0.717) is 21.3 Å². The molecule has 0 aliphatic carbocycles. The lowest BCUT2D eigenvalue weighted by molar-refractivity contribution is 0.0683. The average molecular weight is 364 g/mol. The van der Waals surface area contributed by atoms with Gasteiger partial charge in [0, 0.05) is 11.9 Å². The van der Waals surface area contributed by atoms with Crippen LogP contribution in [0.4, 0.5) is 10.2 Å². The van der Waals surface area contributed by atoms with Gasteiger partial charge in [-0.25, -0.2) is 19.2 Å². The maximum absolute atomic E-state index is 13.1. The molecule has 5 nitrogen and oxygen atoms in total. The number of benzene rings is 1. The fraction of sp³-hybridized carbons (Fsp3) is 0.154. The van der Waals surface area contributed by atoms with Crippen LogP contribution in [0.5, 0.6) is 0 Å². The zero-order chi connectivity index (χ0) is 15.6. The minimum atomic E-state index is -1.20. The van der Waals surface area contributed by atoms with Crippen LogP contribution in [0.2, 0.25) is 5.02 Å².